The molecule has 2 atom stereocenters. The summed E-state index contributed by atoms with van der Waals surface area (Å²) in [4.78, 5) is 10.4. The van der Waals surface area contributed by atoms with Crippen molar-refractivity contribution in [3.63, 3.8) is 0 Å². The van der Waals surface area contributed by atoms with Gasteiger partial charge in [-0.2, -0.15) is 0 Å². The average molecular weight is 326 g/mol. The van der Waals surface area contributed by atoms with Crippen LogP contribution in [0.1, 0.15) is 65.7 Å². The second kappa shape index (κ2) is 6.42. The van der Waals surface area contributed by atoms with Crippen LogP contribution in [0.15, 0.2) is 39.9 Å². The van der Waals surface area contributed by atoms with E-state index >= 15 is 0 Å². The molecular weight excluding hydrogens is 294 g/mol. The van der Waals surface area contributed by atoms with E-state index in [1.807, 2.05) is 0 Å². The minimum absolute atomic E-state index is 0.493. The lowest BCUT2D eigenvalue weighted by atomic mass is 9.97. The van der Waals surface area contributed by atoms with Crippen LogP contribution in [0.25, 0.3) is 0 Å². The fourth-order valence-electron chi connectivity index (χ4n) is 4.52. The van der Waals surface area contributed by atoms with Crippen molar-refractivity contribution in [2.45, 2.75) is 71.8 Å². The molecule has 3 heterocycles. The van der Waals surface area contributed by atoms with Crippen molar-refractivity contribution in [3.8, 4) is 0 Å². The Morgan fingerprint density at radius 1 is 1.21 bits per heavy atom. The third kappa shape index (κ3) is 2.62. The van der Waals surface area contributed by atoms with Crippen molar-refractivity contribution in [2.75, 3.05) is 13.1 Å². The lowest BCUT2D eigenvalue weighted by Crippen LogP contribution is -2.48. The van der Waals surface area contributed by atoms with Crippen LogP contribution in [0.5, 0.6) is 0 Å². The molecule has 1 saturated carbocycles. The molecule has 0 aromatic heterocycles. The van der Waals surface area contributed by atoms with Gasteiger partial charge in [-0.25, -0.2) is 4.99 Å². The number of aliphatic imine (C=N–C) groups is 1. The number of hydrogen-bond acceptors (Lipinski definition) is 3. The summed E-state index contributed by atoms with van der Waals surface area (Å²) in [6.07, 6.45) is 13.4. The molecule has 4 aliphatic rings. The Balaban J connectivity index is 1.82. The zero-order chi connectivity index (χ0) is 16.7. The van der Waals surface area contributed by atoms with Gasteiger partial charge in [0.05, 0.1) is 0 Å². The molecule has 3 aliphatic heterocycles. The molecule has 0 aromatic rings. The van der Waals surface area contributed by atoms with E-state index in [-0.39, 0.29) is 0 Å². The molecule has 2 unspecified atom stereocenters. The van der Waals surface area contributed by atoms with Gasteiger partial charge in [-0.3, -0.25) is 0 Å². The highest BCUT2D eigenvalue weighted by atomic mass is 15.4. The van der Waals surface area contributed by atoms with Gasteiger partial charge in [0.25, 0.3) is 0 Å². The molecule has 24 heavy (non-hydrogen) atoms. The summed E-state index contributed by atoms with van der Waals surface area (Å²) in [6, 6.07) is 0.493. The standard InChI is InChI=1S/C21H31N3/c1-4-17-9-11-18-19(12-10-17)22-20-15(2)7-5-8-16(3)24(20)21(18)23-13-6-14-23/h5,7,16-17H,4,6,8-14H2,1-3H3. The molecule has 1 saturated heterocycles. The number of fused-ring (bicyclic) bond motifs is 2. The third-order valence-electron chi connectivity index (χ3n) is 6.28. The van der Waals surface area contributed by atoms with Gasteiger partial charge in [-0.1, -0.05) is 25.5 Å². The maximum atomic E-state index is 5.22. The van der Waals surface area contributed by atoms with Crippen molar-refractivity contribution in [1.82, 2.24) is 9.80 Å². The van der Waals surface area contributed by atoms with Gasteiger partial charge >= 0.3 is 0 Å². The summed E-state index contributed by atoms with van der Waals surface area (Å²) >= 11 is 0. The van der Waals surface area contributed by atoms with Crippen molar-refractivity contribution in [2.24, 2.45) is 10.9 Å². The zero-order valence-electron chi connectivity index (χ0n) is 15.5. The van der Waals surface area contributed by atoms with Crippen molar-refractivity contribution >= 4 is 5.71 Å². The number of hydrogen-bond donors (Lipinski definition) is 0. The van der Waals surface area contributed by atoms with Crippen LogP contribution in [-0.4, -0.2) is 34.6 Å². The lowest BCUT2D eigenvalue weighted by Gasteiger charge is -2.46. The molecule has 0 spiro atoms. The monoisotopic (exact) mass is 325 g/mol. The molecule has 3 nitrogen and oxygen atoms in total. The minimum atomic E-state index is 0.493. The minimum Gasteiger partial charge on any atom is -0.358 e. The van der Waals surface area contributed by atoms with Gasteiger partial charge in [-0.15, -0.1) is 0 Å². The summed E-state index contributed by atoms with van der Waals surface area (Å²) in [6.45, 7) is 9.36. The van der Waals surface area contributed by atoms with Gasteiger partial charge in [0.2, 0.25) is 0 Å². The summed E-state index contributed by atoms with van der Waals surface area (Å²) in [5, 5.41) is 0. The molecule has 0 aromatic carbocycles. The highest BCUT2D eigenvalue weighted by Gasteiger charge is 2.36. The third-order valence-corrected chi connectivity index (χ3v) is 6.28. The van der Waals surface area contributed by atoms with Gasteiger partial charge in [0, 0.05) is 30.4 Å². The Hall–Kier alpha value is -1.51. The molecule has 2 fully saturated rings. The predicted octanol–water partition coefficient (Wildman–Crippen LogP) is 4.84. The highest BCUT2D eigenvalue weighted by Crippen LogP contribution is 2.40. The molecular formula is C21H31N3. The predicted molar refractivity (Wildman–Crippen MR) is 101 cm³/mol. The van der Waals surface area contributed by atoms with E-state index < -0.39 is 0 Å². The molecule has 0 bridgehead atoms. The second-order valence-corrected chi connectivity index (χ2v) is 7.92. The summed E-state index contributed by atoms with van der Waals surface area (Å²) in [5.41, 5.74) is 4.28. The Morgan fingerprint density at radius 3 is 2.71 bits per heavy atom. The van der Waals surface area contributed by atoms with Crippen LogP contribution in [0, 0.1) is 5.92 Å². The summed E-state index contributed by atoms with van der Waals surface area (Å²) in [7, 11) is 0. The smallest absolute Gasteiger partial charge is 0.137 e. The fraction of sp³-hybridized carbons (Fsp3) is 0.667. The molecule has 1 aliphatic carbocycles. The SMILES string of the molecule is CCC1CCC2=NC3=C(C)C=CCC(C)N3C(N3CCC3)=C2CC1. The van der Waals surface area contributed by atoms with E-state index in [4.69, 9.17) is 4.99 Å². The maximum absolute atomic E-state index is 5.22. The zero-order valence-corrected chi connectivity index (χ0v) is 15.5. The van der Waals surface area contributed by atoms with E-state index in [2.05, 4.69) is 42.7 Å². The molecule has 0 radical (unpaired) electrons. The number of allylic oxidation sites excluding steroid dienone is 3. The Kier molecular flexibility index (Phi) is 4.28. The first-order valence-electron chi connectivity index (χ1n) is 9.91. The summed E-state index contributed by atoms with van der Waals surface area (Å²) in [5.74, 6) is 3.59. The number of likely N-dealkylation sites (tertiary alicyclic amines) is 1. The van der Waals surface area contributed by atoms with Crippen molar-refractivity contribution in [1.29, 1.82) is 0 Å². The first-order chi connectivity index (χ1) is 11.7. The Labute approximate surface area is 146 Å². The van der Waals surface area contributed by atoms with Gasteiger partial charge < -0.3 is 9.80 Å². The second-order valence-electron chi connectivity index (χ2n) is 7.92. The van der Waals surface area contributed by atoms with E-state index in [0.717, 1.165) is 18.8 Å². The van der Waals surface area contributed by atoms with Crippen LogP contribution >= 0.6 is 0 Å². The van der Waals surface area contributed by atoms with Gasteiger partial charge in [-0.05, 0) is 63.9 Å². The quantitative estimate of drug-likeness (QED) is 0.723. The molecule has 4 rings (SSSR count). The normalized spacial score (nSPS) is 30.4. The molecule has 130 valence electrons. The molecule has 0 N–H and O–H groups in total. The van der Waals surface area contributed by atoms with Gasteiger partial charge in [0.1, 0.15) is 11.6 Å². The first-order valence-corrected chi connectivity index (χ1v) is 9.91. The highest BCUT2D eigenvalue weighted by molar-refractivity contribution is 6.02. The topological polar surface area (TPSA) is 18.8 Å². The Bertz CT molecular complexity index is 633. The van der Waals surface area contributed by atoms with Crippen LogP contribution < -0.4 is 0 Å². The molecule has 0 amide bonds. The van der Waals surface area contributed by atoms with E-state index in [0.29, 0.717) is 6.04 Å². The maximum Gasteiger partial charge on any atom is 0.137 e. The number of nitrogens with zero attached hydrogens (tertiary/aromatic N) is 3. The largest absolute Gasteiger partial charge is 0.358 e. The van der Waals surface area contributed by atoms with Crippen molar-refractivity contribution < 1.29 is 0 Å². The van der Waals surface area contributed by atoms with Crippen LogP contribution in [0.4, 0.5) is 0 Å². The Morgan fingerprint density at radius 2 is 2.00 bits per heavy atom. The first kappa shape index (κ1) is 16.0. The van der Waals surface area contributed by atoms with E-state index in [9.17, 15) is 0 Å². The lowest BCUT2D eigenvalue weighted by molar-refractivity contribution is 0.146. The van der Waals surface area contributed by atoms with Crippen molar-refractivity contribution in [3.05, 3.63) is 34.9 Å². The van der Waals surface area contributed by atoms with E-state index in [1.54, 1.807) is 5.57 Å². The summed E-state index contributed by atoms with van der Waals surface area (Å²) < 4.78 is 0. The number of rotatable bonds is 2. The fourth-order valence-corrected chi connectivity index (χ4v) is 4.52. The van der Waals surface area contributed by atoms with E-state index in [1.165, 1.54) is 68.1 Å². The van der Waals surface area contributed by atoms with Crippen LogP contribution in [0.3, 0.4) is 0 Å². The van der Waals surface area contributed by atoms with Crippen LogP contribution in [0.2, 0.25) is 0 Å². The average Bonchev–Trinajstić information content (AvgIpc) is 2.81. The van der Waals surface area contributed by atoms with Gasteiger partial charge in [0.15, 0.2) is 0 Å². The molecule has 3 heteroatoms. The van der Waals surface area contributed by atoms with Crippen LogP contribution in [-0.2, 0) is 0 Å².